The Hall–Kier alpha value is -2.17. The number of rotatable bonds is 4. The highest BCUT2D eigenvalue weighted by atomic mass is 19.1. The molecule has 0 saturated heterocycles. The molecule has 21 heavy (non-hydrogen) atoms. The molecule has 0 unspecified atom stereocenters. The van der Waals surface area contributed by atoms with E-state index >= 15 is 0 Å². The lowest BCUT2D eigenvalue weighted by Gasteiger charge is -2.16. The van der Waals surface area contributed by atoms with Crippen LogP contribution in [0.1, 0.15) is 12.8 Å². The lowest BCUT2D eigenvalue weighted by atomic mass is 9.94. The molecule has 2 aliphatic rings. The summed E-state index contributed by atoms with van der Waals surface area (Å²) in [5, 5.41) is 2.38. The average Bonchev–Trinajstić information content (AvgIpc) is 3.10. The molecular formula is C16H16FNO3. The zero-order valence-corrected chi connectivity index (χ0v) is 11.4. The van der Waals surface area contributed by atoms with Gasteiger partial charge in [0.25, 0.3) is 5.91 Å². The Morgan fingerprint density at radius 3 is 2.71 bits per heavy atom. The number of nitrogens with one attached hydrogen (secondary N) is 1. The van der Waals surface area contributed by atoms with Gasteiger partial charge in [-0.1, -0.05) is 24.3 Å². The first-order valence-corrected chi connectivity index (χ1v) is 7.03. The number of hydrogen-bond acceptors (Lipinski definition) is 3. The molecule has 0 radical (unpaired) electrons. The summed E-state index contributed by atoms with van der Waals surface area (Å²) in [6, 6.07) is 5.86. The lowest BCUT2D eigenvalue weighted by molar-refractivity contribution is -0.152. The smallest absolute Gasteiger partial charge is 0.310 e. The molecule has 2 aliphatic carbocycles. The average molecular weight is 289 g/mol. The van der Waals surface area contributed by atoms with E-state index in [2.05, 4.69) is 17.5 Å². The second-order valence-electron chi connectivity index (χ2n) is 5.52. The van der Waals surface area contributed by atoms with Crippen molar-refractivity contribution >= 4 is 17.6 Å². The number of fused-ring (bicyclic) bond motifs is 2. The maximum atomic E-state index is 13.4. The zero-order valence-electron chi connectivity index (χ0n) is 11.4. The standard InChI is InChI=1S/C16H16FNO3/c17-13-3-1-2-4-14(13)18-15(19)9-21-16(20)12-8-10-5-6-11(12)7-10/h1-6,10-12H,7-9H2,(H,18,19)/t10-,11-,12-/m0/s1. The highest BCUT2D eigenvalue weighted by molar-refractivity contribution is 5.93. The van der Waals surface area contributed by atoms with Crippen LogP contribution in [0.5, 0.6) is 0 Å². The van der Waals surface area contributed by atoms with Crippen LogP contribution < -0.4 is 5.32 Å². The molecule has 110 valence electrons. The first-order valence-electron chi connectivity index (χ1n) is 7.03. The van der Waals surface area contributed by atoms with Crippen molar-refractivity contribution in [1.82, 2.24) is 0 Å². The van der Waals surface area contributed by atoms with Gasteiger partial charge in [0.1, 0.15) is 5.82 Å². The van der Waals surface area contributed by atoms with Gasteiger partial charge in [0.2, 0.25) is 0 Å². The fourth-order valence-electron chi connectivity index (χ4n) is 3.04. The Morgan fingerprint density at radius 1 is 1.24 bits per heavy atom. The van der Waals surface area contributed by atoms with Gasteiger partial charge in [-0.25, -0.2) is 4.39 Å². The number of halogens is 1. The van der Waals surface area contributed by atoms with Crippen molar-refractivity contribution in [2.24, 2.45) is 17.8 Å². The maximum Gasteiger partial charge on any atom is 0.310 e. The van der Waals surface area contributed by atoms with Crippen molar-refractivity contribution in [2.75, 3.05) is 11.9 Å². The summed E-state index contributed by atoms with van der Waals surface area (Å²) >= 11 is 0. The summed E-state index contributed by atoms with van der Waals surface area (Å²) < 4.78 is 18.4. The third-order valence-electron chi connectivity index (χ3n) is 4.08. The molecule has 1 aromatic rings. The molecule has 1 aromatic carbocycles. The normalized spacial score (nSPS) is 25.9. The molecule has 3 rings (SSSR count). The summed E-state index contributed by atoms with van der Waals surface area (Å²) in [4.78, 5) is 23.6. The molecule has 0 heterocycles. The van der Waals surface area contributed by atoms with E-state index in [1.165, 1.54) is 18.2 Å². The maximum absolute atomic E-state index is 13.4. The molecule has 4 nitrogen and oxygen atoms in total. The number of carbonyl (C=O) groups is 2. The van der Waals surface area contributed by atoms with E-state index in [0.29, 0.717) is 5.92 Å². The van der Waals surface area contributed by atoms with Crippen LogP contribution >= 0.6 is 0 Å². The fraction of sp³-hybridized carbons (Fsp3) is 0.375. The van der Waals surface area contributed by atoms with Crippen molar-refractivity contribution < 1.29 is 18.7 Å². The Bertz CT molecular complexity index is 599. The lowest BCUT2D eigenvalue weighted by Crippen LogP contribution is -2.26. The van der Waals surface area contributed by atoms with E-state index in [4.69, 9.17) is 4.74 Å². The largest absolute Gasteiger partial charge is 0.455 e. The first-order chi connectivity index (χ1) is 10.1. The summed E-state index contributed by atoms with van der Waals surface area (Å²) in [6.45, 7) is -0.384. The number of para-hydroxylation sites is 1. The van der Waals surface area contributed by atoms with E-state index in [1.807, 2.05) is 0 Å². The predicted octanol–water partition coefficient (Wildman–Crippen LogP) is 2.52. The van der Waals surface area contributed by atoms with Crippen LogP contribution in [0.4, 0.5) is 10.1 Å². The van der Waals surface area contributed by atoms with Gasteiger partial charge in [0.15, 0.2) is 6.61 Å². The molecule has 1 saturated carbocycles. The first kappa shape index (κ1) is 13.8. The molecule has 0 aliphatic heterocycles. The van der Waals surface area contributed by atoms with Gasteiger partial charge in [-0.3, -0.25) is 9.59 Å². The van der Waals surface area contributed by atoms with Crippen molar-refractivity contribution in [3.05, 3.63) is 42.2 Å². The molecule has 1 fully saturated rings. The van der Waals surface area contributed by atoms with Gasteiger partial charge < -0.3 is 10.1 Å². The van der Waals surface area contributed by atoms with Crippen LogP contribution in [0, 0.1) is 23.6 Å². The minimum atomic E-state index is -0.535. The zero-order chi connectivity index (χ0) is 14.8. The molecule has 1 N–H and O–H groups in total. The number of allylic oxidation sites excluding steroid dienone is 2. The Morgan fingerprint density at radius 2 is 2.05 bits per heavy atom. The van der Waals surface area contributed by atoms with E-state index in [9.17, 15) is 14.0 Å². The van der Waals surface area contributed by atoms with Gasteiger partial charge in [-0.05, 0) is 36.8 Å². The quantitative estimate of drug-likeness (QED) is 0.684. The van der Waals surface area contributed by atoms with Crippen molar-refractivity contribution in [3.8, 4) is 0 Å². The van der Waals surface area contributed by atoms with E-state index < -0.39 is 11.7 Å². The van der Waals surface area contributed by atoms with Crippen LogP contribution in [0.15, 0.2) is 36.4 Å². The third-order valence-corrected chi connectivity index (χ3v) is 4.08. The highest BCUT2D eigenvalue weighted by Crippen LogP contribution is 2.43. The van der Waals surface area contributed by atoms with Crippen LogP contribution in [0.3, 0.4) is 0 Å². The van der Waals surface area contributed by atoms with Crippen LogP contribution in [0.2, 0.25) is 0 Å². The molecule has 3 atom stereocenters. The summed E-state index contributed by atoms with van der Waals surface area (Å²) in [6.07, 6.45) is 6.00. The van der Waals surface area contributed by atoms with Crippen LogP contribution in [-0.2, 0) is 14.3 Å². The van der Waals surface area contributed by atoms with Crippen LogP contribution in [0.25, 0.3) is 0 Å². The minimum absolute atomic E-state index is 0.0846. The summed E-state index contributed by atoms with van der Waals surface area (Å²) in [5.74, 6) is -0.809. The van der Waals surface area contributed by atoms with Gasteiger partial charge >= 0.3 is 5.97 Å². The SMILES string of the molecule is O=C(COC(=O)[C@H]1C[C@H]2C=C[C@H]1C2)Nc1ccccc1F. The summed E-state index contributed by atoms with van der Waals surface area (Å²) in [5.41, 5.74) is 0.0846. The predicted molar refractivity (Wildman–Crippen MR) is 74.8 cm³/mol. The highest BCUT2D eigenvalue weighted by Gasteiger charge is 2.40. The molecule has 5 heteroatoms. The molecular weight excluding hydrogens is 273 g/mol. The Balaban J connectivity index is 1.49. The van der Waals surface area contributed by atoms with E-state index in [-0.39, 0.29) is 30.1 Å². The monoisotopic (exact) mass is 289 g/mol. The molecule has 1 amide bonds. The third kappa shape index (κ3) is 2.96. The van der Waals surface area contributed by atoms with Crippen molar-refractivity contribution in [2.45, 2.75) is 12.8 Å². The minimum Gasteiger partial charge on any atom is -0.455 e. The number of hydrogen-bond donors (Lipinski definition) is 1. The van der Waals surface area contributed by atoms with E-state index in [1.54, 1.807) is 6.07 Å². The molecule has 0 spiro atoms. The number of benzene rings is 1. The number of anilines is 1. The van der Waals surface area contributed by atoms with Crippen molar-refractivity contribution in [1.29, 1.82) is 0 Å². The second kappa shape index (κ2) is 5.68. The van der Waals surface area contributed by atoms with Gasteiger partial charge in [0.05, 0.1) is 11.6 Å². The van der Waals surface area contributed by atoms with Gasteiger partial charge in [0, 0.05) is 0 Å². The number of amides is 1. The van der Waals surface area contributed by atoms with Crippen molar-refractivity contribution in [3.63, 3.8) is 0 Å². The number of ether oxygens (including phenoxy) is 1. The van der Waals surface area contributed by atoms with Crippen LogP contribution in [-0.4, -0.2) is 18.5 Å². The van der Waals surface area contributed by atoms with E-state index in [0.717, 1.165) is 12.8 Å². The van der Waals surface area contributed by atoms with Gasteiger partial charge in [-0.15, -0.1) is 0 Å². The van der Waals surface area contributed by atoms with Gasteiger partial charge in [-0.2, -0.15) is 0 Å². The molecule has 2 bridgehead atoms. The Kier molecular flexibility index (Phi) is 3.73. The summed E-state index contributed by atoms with van der Waals surface area (Å²) in [7, 11) is 0. The topological polar surface area (TPSA) is 55.4 Å². The number of esters is 1. The molecule has 0 aromatic heterocycles. The number of carbonyl (C=O) groups excluding carboxylic acids is 2. The Labute approximate surface area is 122 Å². The second-order valence-corrected chi connectivity index (χ2v) is 5.52. The fourth-order valence-corrected chi connectivity index (χ4v) is 3.04.